The maximum Gasteiger partial charge on any atom is 0.243 e. The highest BCUT2D eigenvalue weighted by Gasteiger charge is 2.20. The molecule has 0 atom stereocenters. The van der Waals surface area contributed by atoms with E-state index in [1.807, 2.05) is 35.9 Å². The van der Waals surface area contributed by atoms with Crippen molar-refractivity contribution in [2.24, 2.45) is 0 Å². The van der Waals surface area contributed by atoms with Gasteiger partial charge in [0.05, 0.1) is 12.2 Å². The average Bonchev–Trinajstić information content (AvgIpc) is 2.84. The van der Waals surface area contributed by atoms with Gasteiger partial charge in [0, 0.05) is 24.8 Å². The van der Waals surface area contributed by atoms with Crippen molar-refractivity contribution >= 4 is 17.4 Å². The lowest BCUT2D eigenvalue weighted by Crippen LogP contribution is -2.38. The Kier molecular flexibility index (Phi) is 3.88. The van der Waals surface area contributed by atoms with Gasteiger partial charge in [-0.2, -0.15) is 5.10 Å². The van der Waals surface area contributed by atoms with E-state index < -0.39 is 0 Å². The summed E-state index contributed by atoms with van der Waals surface area (Å²) in [6.45, 7) is 8.29. The van der Waals surface area contributed by atoms with Crippen LogP contribution in [0.5, 0.6) is 0 Å². The molecule has 116 valence electrons. The number of aryl methyl sites for hydroxylation is 4. The van der Waals surface area contributed by atoms with E-state index in [1.165, 1.54) is 11.1 Å². The normalized spacial score (nSPS) is 13.9. The molecule has 22 heavy (non-hydrogen) atoms. The Morgan fingerprint density at radius 1 is 1.18 bits per heavy atom. The number of hydrogen-bond acceptors (Lipinski definition) is 3. The molecule has 0 radical (unpaired) electrons. The van der Waals surface area contributed by atoms with Crippen molar-refractivity contribution in [1.82, 2.24) is 9.78 Å². The number of amides is 1. The lowest BCUT2D eigenvalue weighted by molar-refractivity contribution is -0.115. The molecule has 2 aromatic rings. The topological polar surface area (TPSA) is 50.2 Å². The summed E-state index contributed by atoms with van der Waals surface area (Å²) in [5, 5.41) is 7.44. The van der Waals surface area contributed by atoms with Crippen LogP contribution < -0.4 is 10.2 Å². The van der Waals surface area contributed by atoms with E-state index in [-0.39, 0.29) is 5.91 Å². The molecule has 1 amide bonds. The highest BCUT2D eigenvalue weighted by Crippen LogP contribution is 2.21. The second-order valence-electron chi connectivity index (χ2n) is 5.99. The van der Waals surface area contributed by atoms with Gasteiger partial charge in [0.25, 0.3) is 0 Å². The zero-order chi connectivity index (χ0) is 15.7. The summed E-state index contributed by atoms with van der Waals surface area (Å²) < 4.78 is 1.99. The largest absolute Gasteiger partial charge is 0.347 e. The number of aromatic nitrogens is 2. The van der Waals surface area contributed by atoms with Crippen LogP contribution in [0.15, 0.2) is 24.3 Å². The summed E-state index contributed by atoms with van der Waals surface area (Å²) in [5.74, 6) is 1.05. The van der Waals surface area contributed by atoms with Crippen LogP contribution in [0.25, 0.3) is 0 Å². The zero-order valence-electron chi connectivity index (χ0n) is 13.4. The maximum atomic E-state index is 12.3. The Bertz CT molecular complexity index is 705. The Balaban J connectivity index is 1.68. The fourth-order valence-electron chi connectivity index (χ4n) is 2.83. The number of hydrogen-bond donors (Lipinski definition) is 1. The van der Waals surface area contributed by atoms with Crippen LogP contribution in [-0.4, -0.2) is 28.8 Å². The number of anilines is 2. The molecule has 1 aliphatic rings. The highest BCUT2D eigenvalue weighted by atomic mass is 16.2. The molecule has 0 bridgehead atoms. The first-order chi connectivity index (χ1) is 10.5. The summed E-state index contributed by atoms with van der Waals surface area (Å²) in [7, 11) is 0. The van der Waals surface area contributed by atoms with Crippen LogP contribution in [0.2, 0.25) is 0 Å². The van der Waals surface area contributed by atoms with Crippen LogP contribution in [0.3, 0.4) is 0 Å². The molecule has 3 rings (SSSR count). The molecule has 0 saturated heterocycles. The van der Waals surface area contributed by atoms with Crippen molar-refractivity contribution in [1.29, 1.82) is 0 Å². The third-order valence-corrected chi connectivity index (χ3v) is 4.13. The highest BCUT2D eigenvalue weighted by molar-refractivity contribution is 5.94. The van der Waals surface area contributed by atoms with Gasteiger partial charge in [-0.25, -0.2) is 4.68 Å². The summed E-state index contributed by atoms with van der Waals surface area (Å²) in [6.07, 6.45) is 1.02. The van der Waals surface area contributed by atoms with Crippen LogP contribution in [0.1, 0.15) is 23.2 Å². The molecule has 1 aromatic carbocycles. The first-order valence-electron chi connectivity index (χ1n) is 7.69. The van der Waals surface area contributed by atoms with Gasteiger partial charge in [0.15, 0.2) is 0 Å². The zero-order valence-corrected chi connectivity index (χ0v) is 13.4. The van der Waals surface area contributed by atoms with Gasteiger partial charge in [0.2, 0.25) is 5.91 Å². The molecular formula is C17H22N4O. The van der Waals surface area contributed by atoms with E-state index in [1.54, 1.807) is 0 Å². The monoisotopic (exact) mass is 298 g/mol. The Morgan fingerprint density at radius 3 is 2.77 bits per heavy atom. The van der Waals surface area contributed by atoms with Gasteiger partial charge in [-0.05, 0) is 50.5 Å². The number of nitrogens with zero attached hydrogens (tertiary/aromatic N) is 3. The van der Waals surface area contributed by atoms with Gasteiger partial charge in [-0.15, -0.1) is 0 Å². The molecule has 5 nitrogen and oxygen atoms in total. The SMILES string of the molecule is Cc1cc2n(n1)CCCN2CC(=O)Nc1ccc(C)c(C)c1. The molecular weight excluding hydrogens is 276 g/mol. The van der Waals surface area contributed by atoms with Gasteiger partial charge in [-0.3, -0.25) is 4.79 Å². The maximum absolute atomic E-state index is 12.3. The summed E-state index contributed by atoms with van der Waals surface area (Å²) >= 11 is 0. The smallest absolute Gasteiger partial charge is 0.243 e. The standard InChI is InChI=1S/C17H22N4O/c1-12-5-6-15(9-13(12)2)18-16(22)11-20-7-4-8-21-17(20)10-14(3)19-21/h5-6,9-10H,4,7-8,11H2,1-3H3,(H,18,22). The number of rotatable bonds is 3. The van der Waals surface area contributed by atoms with E-state index in [0.717, 1.165) is 36.7 Å². The molecule has 1 aliphatic heterocycles. The lowest BCUT2D eigenvalue weighted by atomic mass is 10.1. The molecule has 0 aliphatic carbocycles. The predicted molar refractivity (Wildman–Crippen MR) is 88.3 cm³/mol. The third-order valence-electron chi connectivity index (χ3n) is 4.13. The van der Waals surface area contributed by atoms with Gasteiger partial charge >= 0.3 is 0 Å². The predicted octanol–water partition coefficient (Wildman–Crippen LogP) is 2.66. The number of benzene rings is 1. The van der Waals surface area contributed by atoms with Crippen molar-refractivity contribution < 1.29 is 4.79 Å². The molecule has 0 fully saturated rings. The fraction of sp³-hybridized carbons (Fsp3) is 0.412. The molecule has 1 aromatic heterocycles. The van der Waals surface area contributed by atoms with Crippen molar-refractivity contribution in [3.63, 3.8) is 0 Å². The number of carbonyl (C=O) groups is 1. The summed E-state index contributed by atoms with van der Waals surface area (Å²) in [5.41, 5.74) is 4.27. The van der Waals surface area contributed by atoms with E-state index in [0.29, 0.717) is 6.54 Å². The van der Waals surface area contributed by atoms with E-state index in [9.17, 15) is 4.79 Å². The van der Waals surface area contributed by atoms with Crippen LogP contribution in [0.4, 0.5) is 11.5 Å². The first-order valence-corrected chi connectivity index (χ1v) is 7.69. The molecule has 5 heteroatoms. The van der Waals surface area contributed by atoms with Crippen molar-refractivity contribution in [2.75, 3.05) is 23.3 Å². The summed E-state index contributed by atoms with van der Waals surface area (Å²) in [4.78, 5) is 14.4. The van der Waals surface area contributed by atoms with E-state index >= 15 is 0 Å². The molecule has 0 saturated carbocycles. The Morgan fingerprint density at radius 2 is 2.00 bits per heavy atom. The van der Waals surface area contributed by atoms with Crippen molar-refractivity contribution in [3.8, 4) is 0 Å². The second kappa shape index (κ2) is 5.83. The van der Waals surface area contributed by atoms with Crippen molar-refractivity contribution in [3.05, 3.63) is 41.1 Å². The number of fused-ring (bicyclic) bond motifs is 1. The van der Waals surface area contributed by atoms with Gasteiger partial charge in [0.1, 0.15) is 5.82 Å². The third kappa shape index (κ3) is 2.98. The fourth-order valence-corrected chi connectivity index (χ4v) is 2.83. The van der Waals surface area contributed by atoms with Crippen LogP contribution >= 0.6 is 0 Å². The van der Waals surface area contributed by atoms with E-state index in [2.05, 4.69) is 29.2 Å². The minimum absolute atomic E-state index is 0.00977. The lowest BCUT2D eigenvalue weighted by Gasteiger charge is -2.28. The summed E-state index contributed by atoms with van der Waals surface area (Å²) in [6, 6.07) is 8.04. The number of nitrogens with one attached hydrogen (secondary N) is 1. The quantitative estimate of drug-likeness (QED) is 0.948. The van der Waals surface area contributed by atoms with Crippen LogP contribution in [-0.2, 0) is 11.3 Å². The van der Waals surface area contributed by atoms with Crippen molar-refractivity contribution in [2.45, 2.75) is 33.7 Å². The second-order valence-corrected chi connectivity index (χ2v) is 5.99. The minimum Gasteiger partial charge on any atom is -0.347 e. The Hall–Kier alpha value is -2.30. The van der Waals surface area contributed by atoms with Gasteiger partial charge < -0.3 is 10.2 Å². The molecule has 0 unspecified atom stereocenters. The molecule has 0 spiro atoms. The van der Waals surface area contributed by atoms with Crippen LogP contribution in [0, 0.1) is 20.8 Å². The van der Waals surface area contributed by atoms with Gasteiger partial charge in [-0.1, -0.05) is 6.07 Å². The Labute approximate surface area is 130 Å². The molecule has 1 N–H and O–H groups in total. The average molecular weight is 298 g/mol. The molecule has 2 heterocycles. The minimum atomic E-state index is 0.00977. The first kappa shape index (κ1) is 14.6. The van der Waals surface area contributed by atoms with E-state index in [4.69, 9.17) is 0 Å². The number of carbonyl (C=O) groups excluding carboxylic acids is 1.